The summed E-state index contributed by atoms with van der Waals surface area (Å²) in [5.41, 5.74) is 2.74. The molecule has 3 heterocycles. The van der Waals surface area contributed by atoms with E-state index >= 15 is 0 Å². The minimum Gasteiger partial charge on any atom is -0.464 e. The molecule has 2 aromatic heterocycles. The van der Waals surface area contributed by atoms with E-state index in [2.05, 4.69) is 21.7 Å². The summed E-state index contributed by atoms with van der Waals surface area (Å²) in [6, 6.07) is 6.27. The average molecular weight is 426 g/mol. The number of amides is 2. The maximum Gasteiger partial charge on any atom is 0.338 e. The zero-order valence-electron chi connectivity index (χ0n) is 17.2. The summed E-state index contributed by atoms with van der Waals surface area (Å²) in [4.78, 5) is 29.5. The molecule has 1 aliphatic heterocycles. The lowest BCUT2D eigenvalue weighted by Crippen LogP contribution is -2.46. The van der Waals surface area contributed by atoms with Crippen LogP contribution >= 0.6 is 11.8 Å². The largest absolute Gasteiger partial charge is 0.464 e. The third-order valence-electron chi connectivity index (χ3n) is 4.47. The van der Waals surface area contributed by atoms with Crippen LogP contribution in [0.1, 0.15) is 41.3 Å². The van der Waals surface area contributed by atoms with E-state index in [9.17, 15) is 14.9 Å². The summed E-state index contributed by atoms with van der Waals surface area (Å²) in [6.45, 7) is 7.39. The van der Waals surface area contributed by atoms with Gasteiger partial charge in [0.1, 0.15) is 28.7 Å². The van der Waals surface area contributed by atoms with E-state index in [-0.39, 0.29) is 17.9 Å². The molecule has 0 fully saturated rings. The van der Waals surface area contributed by atoms with Gasteiger partial charge in [-0.3, -0.25) is 0 Å². The molecule has 3 rings (SSSR count). The first-order valence-electron chi connectivity index (χ1n) is 9.39. The first-order chi connectivity index (χ1) is 14.3. The second-order valence-corrected chi connectivity index (χ2v) is 7.72. The van der Waals surface area contributed by atoms with Crippen LogP contribution in [0.15, 0.2) is 38.9 Å². The molecular formula is C21H22N4O4S. The summed E-state index contributed by atoms with van der Waals surface area (Å²) in [7, 11) is 0. The van der Waals surface area contributed by atoms with Gasteiger partial charge in [0.2, 0.25) is 0 Å². The van der Waals surface area contributed by atoms with Crippen LogP contribution in [0, 0.1) is 32.1 Å². The summed E-state index contributed by atoms with van der Waals surface area (Å²) < 4.78 is 10.9. The van der Waals surface area contributed by atoms with Crippen molar-refractivity contribution in [1.29, 1.82) is 5.26 Å². The number of hydrogen-bond acceptors (Lipinski definition) is 7. The van der Waals surface area contributed by atoms with Crippen LogP contribution in [0.4, 0.5) is 4.79 Å². The number of carbonyl (C=O) groups excluding carboxylic acids is 2. The Morgan fingerprint density at radius 2 is 2.13 bits per heavy atom. The molecule has 1 atom stereocenters. The molecule has 2 amide bonds. The number of aromatic nitrogens is 1. The first-order valence-corrected chi connectivity index (χ1v) is 10.4. The summed E-state index contributed by atoms with van der Waals surface area (Å²) in [6.07, 6.45) is 0. The molecule has 0 aromatic carbocycles. The number of nitrogens with one attached hydrogen (secondary N) is 2. The average Bonchev–Trinajstić information content (AvgIpc) is 3.12. The number of nitriles is 1. The van der Waals surface area contributed by atoms with Crippen molar-refractivity contribution >= 4 is 23.8 Å². The molecule has 0 saturated heterocycles. The molecule has 156 valence electrons. The lowest BCUT2D eigenvalue weighted by Gasteiger charge is -2.27. The number of nitrogens with zero attached hydrogens (tertiary/aromatic N) is 2. The van der Waals surface area contributed by atoms with E-state index in [0.29, 0.717) is 27.8 Å². The second-order valence-electron chi connectivity index (χ2n) is 6.75. The van der Waals surface area contributed by atoms with Gasteiger partial charge in [0, 0.05) is 17.1 Å². The van der Waals surface area contributed by atoms with Crippen molar-refractivity contribution in [1.82, 2.24) is 15.6 Å². The predicted octanol–water partition coefficient (Wildman–Crippen LogP) is 3.43. The predicted molar refractivity (Wildman–Crippen MR) is 111 cm³/mol. The van der Waals surface area contributed by atoms with E-state index in [4.69, 9.17) is 9.15 Å². The standard InChI is InChI=1S/C21H22N4O4S/c1-5-28-20(26)17-15(10-30-19-14(9-22)11(2)8-12(3)23-19)24-21(27)25-18(17)16-7-6-13(4)29-16/h6-8,18H,5,10H2,1-4H3,(H2,24,25,27)/t18-/m1/s1. The van der Waals surface area contributed by atoms with Gasteiger partial charge in [-0.25, -0.2) is 14.6 Å². The van der Waals surface area contributed by atoms with E-state index in [1.807, 2.05) is 19.9 Å². The van der Waals surface area contributed by atoms with Crippen LogP contribution < -0.4 is 10.6 Å². The third kappa shape index (κ3) is 4.49. The van der Waals surface area contributed by atoms with Gasteiger partial charge in [-0.05, 0) is 51.5 Å². The lowest BCUT2D eigenvalue weighted by molar-refractivity contribution is -0.139. The molecule has 0 aliphatic carbocycles. The molecule has 2 aromatic rings. The molecule has 9 heteroatoms. The Bertz CT molecular complexity index is 1070. The summed E-state index contributed by atoms with van der Waals surface area (Å²) >= 11 is 1.28. The van der Waals surface area contributed by atoms with Gasteiger partial charge in [-0.2, -0.15) is 5.26 Å². The van der Waals surface area contributed by atoms with E-state index < -0.39 is 18.0 Å². The Labute approximate surface area is 178 Å². The maximum absolute atomic E-state index is 12.8. The quantitative estimate of drug-likeness (QED) is 0.537. The molecule has 8 nitrogen and oxygen atoms in total. The van der Waals surface area contributed by atoms with Crippen molar-refractivity contribution in [2.24, 2.45) is 0 Å². The third-order valence-corrected chi connectivity index (χ3v) is 5.47. The van der Waals surface area contributed by atoms with E-state index in [1.165, 1.54) is 11.8 Å². The van der Waals surface area contributed by atoms with Gasteiger partial charge in [-0.1, -0.05) is 11.8 Å². The molecule has 0 radical (unpaired) electrons. The van der Waals surface area contributed by atoms with Crippen molar-refractivity contribution in [3.05, 3.63) is 57.8 Å². The Hall–Kier alpha value is -3.25. The minimum atomic E-state index is -0.773. The highest BCUT2D eigenvalue weighted by Gasteiger charge is 2.35. The fourth-order valence-corrected chi connectivity index (χ4v) is 4.26. The van der Waals surface area contributed by atoms with Crippen LogP contribution in [0.5, 0.6) is 0 Å². The number of urea groups is 1. The van der Waals surface area contributed by atoms with Crippen LogP contribution in [0.2, 0.25) is 0 Å². The number of ether oxygens (including phenoxy) is 1. The van der Waals surface area contributed by atoms with Crippen molar-refractivity contribution < 1.29 is 18.7 Å². The number of thioether (sulfide) groups is 1. The zero-order chi connectivity index (χ0) is 21.8. The van der Waals surface area contributed by atoms with E-state index in [1.54, 1.807) is 26.0 Å². The van der Waals surface area contributed by atoms with E-state index in [0.717, 1.165) is 11.3 Å². The molecule has 1 aliphatic rings. The van der Waals surface area contributed by atoms with Crippen molar-refractivity contribution in [2.75, 3.05) is 12.4 Å². The highest BCUT2D eigenvalue weighted by atomic mass is 32.2. The van der Waals surface area contributed by atoms with Crippen LogP contribution in [0.25, 0.3) is 0 Å². The van der Waals surface area contributed by atoms with Gasteiger partial charge < -0.3 is 19.8 Å². The second kappa shape index (κ2) is 9.05. The van der Waals surface area contributed by atoms with Crippen molar-refractivity contribution in [3.8, 4) is 6.07 Å². The monoisotopic (exact) mass is 426 g/mol. The molecule has 0 unspecified atom stereocenters. The van der Waals surface area contributed by atoms with Gasteiger partial charge >= 0.3 is 12.0 Å². The lowest BCUT2D eigenvalue weighted by atomic mass is 10.0. The van der Waals surface area contributed by atoms with Crippen LogP contribution in [-0.4, -0.2) is 29.3 Å². The van der Waals surface area contributed by atoms with Gasteiger partial charge in [-0.15, -0.1) is 0 Å². The molecule has 0 spiro atoms. The highest BCUT2D eigenvalue weighted by Crippen LogP contribution is 2.32. The Morgan fingerprint density at radius 3 is 2.77 bits per heavy atom. The van der Waals surface area contributed by atoms with Gasteiger partial charge in [0.15, 0.2) is 0 Å². The van der Waals surface area contributed by atoms with Crippen molar-refractivity contribution in [2.45, 2.75) is 38.8 Å². The molecule has 2 N–H and O–H groups in total. The number of furan rings is 1. The number of carbonyl (C=O) groups is 2. The number of rotatable bonds is 6. The SMILES string of the molecule is CCOC(=O)C1=C(CSc2nc(C)cc(C)c2C#N)NC(=O)N[C@@H]1c1ccc(C)o1. The number of pyridine rings is 1. The molecule has 0 bridgehead atoms. The maximum atomic E-state index is 12.8. The number of aryl methyl sites for hydroxylation is 3. The fraction of sp³-hybridized carbons (Fsp3) is 0.333. The minimum absolute atomic E-state index is 0.192. The highest BCUT2D eigenvalue weighted by molar-refractivity contribution is 7.99. The normalized spacial score (nSPS) is 16.0. The first kappa shape index (κ1) is 21.5. The number of esters is 1. The molecule has 0 saturated carbocycles. The smallest absolute Gasteiger partial charge is 0.338 e. The number of hydrogen-bond donors (Lipinski definition) is 2. The topological polar surface area (TPSA) is 117 Å². The van der Waals surface area contributed by atoms with Crippen LogP contribution in [-0.2, 0) is 9.53 Å². The fourth-order valence-electron chi connectivity index (χ4n) is 3.19. The Balaban J connectivity index is 2.01. The summed E-state index contributed by atoms with van der Waals surface area (Å²) in [5, 5.41) is 15.5. The summed E-state index contributed by atoms with van der Waals surface area (Å²) in [5.74, 6) is 0.779. The molecular weight excluding hydrogens is 404 g/mol. The molecule has 30 heavy (non-hydrogen) atoms. The zero-order valence-corrected chi connectivity index (χ0v) is 18.0. The van der Waals surface area contributed by atoms with Crippen molar-refractivity contribution in [3.63, 3.8) is 0 Å². The Morgan fingerprint density at radius 1 is 1.37 bits per heavy atom. The van der Waals surface area contributed by atoms with Gasteiger partial charge in [0.05, 0.1) is 17.7 Å². The Kier molecular flexibility index (Phi) is 6.47. The van der Waals surface area contributed by atoms with Gasteiger partial charge in [0.25, 0.3) is 0 Å². The van der Waals surface area contributed by atoms with Crippen LogP contribution in [0.3, 0.4) is 0 Å².